The third-order valence-electron chi connectivity index (χ3n) is 4.32. The van der Waals surface area contributed by atoms with Crippen LogP contribution in [0, 0.1) is 0 Å². The molecule has 0 radical (unpaired) electrons. The van der Waals surface area contributed by atoms with Crippen LogP contribution < -0.4 is 5.73 Å². The molecule has 1 amide bonds. The Bertz CT molecular complexity index is 757. The Kier molecular flexibility index (Phi) is 4.98. The van der Waals surface area contributed by atoms with Crippen LogP contribution in [0.5, 0.6) is 0 Å². The second-order valence-corrected chi connectivity index (χ2v) is 6.36. The number of nitrogens with zero attached hydrogens (tertiary/aromatic N) is 5. The van der Waals surface area contributed by atoms with Crippen molar-refractivity contribution in [2.45, 2.75) is 39.3 Å². The van der Waals surface area contributed by atoms with Crippen molar-refractivity contribution in [2.24, 2.45) is 0 Å². The Hall–Kier alpha value is -2.48. The molecule has 25 heavy (non-hydrogen) atoms. The van der Waals surface area contributed by atoms with Gasteiger partial charge in [0.1, 0.15) is 23.3 Å². The lowest BCUT2D eigenvalue weighted by Gasteiger charge is -2.32. The van der Waals surface area contributed by atoms with Gasteiger partial charge in [0.15, 0.2) is 0 Å². The molecule has 1 atom stereocenters. The number of nitrogens with two attached hydrogens (primary N) is 1. The molecule has 0 aliphatic carbocycles. The molecule has 2 aromatic rings. The van der Waals surface area contributed by atoms with Crippen molar-refractivity contribution in [3.05, 3.63) is 35.5 Å². The first-order chi connectivity index (χ1) is 12.0. The molecule has 2 N–H and O–H groups in total. The van der Waals surface area contributed by atoms with Crippen molar-refractivity contribution >= 4 is 11.7 Å². The van der Waals surface area contributed by atoms with E-state index in [1.807, 2.05) is 13.0 Å². The third kappa shape index (κ3) is 3.48. The van der Waals surface area contributed by atoms with Gasteiger partial charge in [-0.25, -0.2) is 4.98 Å². The van der Waals surface area contributed by atoms with E-state index in [0.717, 1.165) is 5.69 Å². The van der Waals surface area contributed by atoms with Crippen LogP contribution in [-0.2, 0) is 11.3 Å². The number of rotatable bonds is 4. The Morgan fingerprint density at radius 1 is 1.40 bits per heavy atom. The molecule has 8 nitrogen and oxygen atoms in total. The van der Waals surface area contributed by atoms with Crippen molar-refractivity contribution in [2.75, 3.05) is 25.4 Å². The van der Waals surface area contributed by atoms with E-state index in [1.54, 1.807) is 15.8 Å². The first-order valence-corrected chi connectivity index (χ1v) is 8.56. The van der Waals surface area contributed by atoms with E-state index in [0.29, 0.717) is 43.4 Å². The summed E-state index contributed by atoms with van der Waals surface area (Å²) >= 11 is 0. The number of aryl methyl sites for hydroxylation is 1. The van der Waals surface area contributed by atoms with Gasteiger partial charge in [0, 0.05) is 25.5 Å². The molecule has 1 unspecified atom stereocenters. The predicted octanol–water partition coefficient (Wildman–Crippen LogP) is 1.61. The summed E-state index contributed by atoms with van der Waals surface area (Å²) < 4.78 is 7.53. The van der Waals surface area contributed by atoms with Gasteiger partial charge in [-0.05, 0) is 18.9 Å². The van der Waals surface area contributed by atoms with Gasteiger partial charge in [-0.1, -0.05) is 13.8 Å². The zero-order valence-corrected chi connectivity index (χ0v) is 14.8. The summed E-state index contributed by atoms with van der Waals surface area (Å²) in [6.45, 7) is 8.13. The number of amides is 1. The lowest BCUT2D eigenvalue weighted by molar-refractivity contribution is -0.0248. The molecule has 1 aliphatic heterocycles. The molecule has 1 saturated heterocycles. The first-order valence-electron chi connectivity index (χ1n) is 8.56. The maximum Gasteiger partial charge on any atom is 0.272 e. The highest BCUT2D eigenvalue weighted by atomic mass is 16.5. The minimum absolute atomic E-state index is 0.0444. The molecule has 2 aromatic heterocycles. The van der Waals surface area contributed by atoms with Crippen molar-refractivity contribution in [3.63, 3.8) is 0 Å². The summed E-state index contributed by atoms with van der Waals surface area (Å²) in [6.07, 6.45) is 2.75. The zero-order chi connectivity index (χ0) is 18.0. The SMILES string of the molecule is CCn1nc(C(C)C)cc1C(=O)N1CCOC(c2nccnc2N)C1. The average molecular weight is 344 g/mol. The summed E-state index contributed by atoms with van der Waals surface area (Å²) in [6, 6.07) is 1.89. The number of aromatic nitrogens is 4. The Morgan fingerprint density at radius 3 is 2.84 bits per heavy atom. The minimum atomic E-state index is -0.367. The monoisotopic (exact) mass is 344 g/mol. The average Bonchev–Trinajstić information content (AvgIpc) is 3.06. The van der Waals surface area contributed by atoms with Crippen LogP contribution in [0.1, 0.15) is 54.7 Å². The molecular formula is C17H24N6O2. The predicted molar refractivity (Wildman–Crippen MR) is 93.0 cm³/mol. The van der Waals surface area contributed by atoms with Crippen LogP contribution in [0.15, 0.2) is 18.5 Å². The highest BCUT2D eigenvalue weighted by molar-refractivity contribution is 5.92. The van der Waals surface area contributed by atoms with Gasteiger partial charge >= 0.3 is 0 Å². The maximum atomic E-state index is 13.0. The van der Waals surface area contributed by atoms with E-state index >= 15 is 0 Å². The summed E-state index contributed by atoms with van der Waals surface area (Å²) in [4.78, 5) is 23.1. The van der Waals surface area contributed by atoms with E-state index in [9.17, 15) is 4.79 Å². The van der Waals surface area contributed by atoms with E-state index in [4.69, 9.17) is 10.5 Å². The van der Waals surface area contributed by atoms with Crippen molar-refractivity contribution in [3.8, 4) is 0 Å². The number of anilines is 1. The van der Waals surface area contributed by atoms with Crippen LogP contribution in [0.2, 0.25) is 0 Å². The Morgan fingerprint density at radius 2 is 2.16 bits per heavy atom. The van der Waals surface area contributed by atoms with E-state index in [-0.39, 0.29) is 17.9 Å². The summed E-state index contributed by atoms with van der Waals surface area (Å²) in [7, 11) is 0. The highest BCUT2D eigenvalue weighted by Crippen LogP contribution is 2.25. The number of nitrogen functional groups attached to an aromatic ring is 1. The molecule has 1 aliphatic rings. The van der Waals surface area contributed by atoms with Gasteiger partial charge in [0.25, 0.3) is 5.91 Å². The lowest BCUT2D eigenvalue weighted by Crippen LogP contribution is -2.43. The topological polar surface area (TPSA) is 99.2 Å². The van der Waals surface area contributed by atoms with Gasteiger partial charge in [-0.3, -0.25) is 14.5 Å². The van der Waals surface area contributed by atoms with Crippen LogP contribution in [-0.4, -0.2) is 50.3 Å². The largest absolute Gasteiger partial charge is 0.382 e. The molecule has 134 valence electrons. The molecule has 0 spiro atoms. The van der Waals surface area contributed by atoms with Crippen LogP contribution in [0.4, 0.5) is 5.82 Å². The van der Waals surface area contributed by atoms with Crippen molar-refractivity contribution < 1.29 is 9.53 Å². The molecule has 0 bridgehead atoms. The first kappa shape index (κ1) is 17.3. The van der Waals surface area contributed by atoms with Crippen molar-refractivity contribution in [1.29, 1.82) is 0 Å². The number of carbonyl (C=O) groups is 1. The van der Waals surface area contributed by atoms with Gasteiger partial charge in [0.05, 0.1) is 18.8 Å². The molecule has 0 aromatic carbocycles. The number of ether oxygens (including phenoxy) is 1. The fourth-order valence-corrected chi connectivity index (χ4v) is 2.90. The molecule has 3 rings (SSSR count). The Labute approximate surface area is 147 Å². The minimum Gasteiger partial charge on any atom is -0.382 e. The highest BCUT2D eigenvalue weighted by Gasteiger charge is 2.30. The molecule has 0 saturated carbocycles. The van der Waals surface area contributed by atoms with Crippen LogP contribution >= 0.6 is 0 Å². The zero-order valence-electron chi connectivity index (χ0n) is 14.8. The van der Waals surface area contributed by atoms with E-state index in [2.05, 4.69) is 28.9 Å². The fraction of sp³-hybridized carbons (Fsp3) is 0.529. The summed E-state index contributed by atoms with van der Waals surface area (Å²) in [5, 5.41) is 4.53. The quantitative estimate of drug-likeness (QED) is 0.905. The summed E-state index contributed by atoms with van der Waals surface area (Å²) in [5.41, 5.74) is 8.01. The maximum absolute atomic E-state index is 13.0. The lowest BCUT2D eigenvalue weighted by atomic mass is 10.1. The third-order valence-corrected chi connectivity index (χ3v) is 4.32. The smallest absolute Gasteiger partial charge is 0.272 e. The van der Waals surface area contributed by atoms with Crippen molar-refractivity contribution in [1.82, 2.24) is 24.6 Å². The summed E-state index contributed by atoms with van der Waals surface area (Å²) in [5.74, 6) is 0.565. The Balaban J connectivity index is 1.82. The number of morpholine rings is 1. The normalized spacial score (nSPS) is 17.9. The van der Waals surface area contributed by atoms with Gasteiger partial charge in [-0.15, -0.1) is 0 Å². The second-order valence-electron chi connectivity index (χ2n) is 6.36. The number of hydrogen-bond acceptors (Lipinski definition) is 6. The molecule has 1 fully saturated rings. The van der Waals surface area contributed by atoms with E-state index in [1.165, 1.54) is 6.20 Å². The molecular weight excluding hydrogens is 320 g/mol. The van der Waals surface area contributed by atoms with Gasteiger partial charge < -0.3 is 15.4 Å². The number of carbonyl (C=O) groups excluding carboxylic acids is 1. The van der Waals surface area contributed by atoms with E-state index < -0.39 is 0 Å². The second kappa shape index (κ2) is 7.18. The van der Waals surface area contributed by atoms with Gasteiger partial charge in [0.2, 0.25) is 0 Å². The van der Waals surface area contributed by atoms with Gasteiger partial charge in [-0.2, -0.15) is 5.10 Å². The van der Waals surface area contributed by atoms with Crippen LogP contribution in [0.25, 0.3) is 0 Å². The molecule has 8 heteroatoms. The standard InChI is InChI=1S/C17H24N6O2/c1-4-23-13(9-12(21-23)11(2)3)17(24)22-7-8-25-14(10-22)15-16(18)20-6-5-19-15/h5-6,9,11,14H,4,7-8,10H2,1-3H3,(H2,18,20). The number of hydrogen-bond donors (Lipinski definition) is 1. The fourth-order valence-electron chi connectivity index (χ4n) is 2.90. The molecule has 3 heterocycles. The van der Waals surface area contributed by atoms with Crippen LogP contribution in [0.3, 0.4) is 0 Å².